The number of morpholine rings is 1. The van der Waals surface area contributed by atoms with Crippen LogP contribution in [0.15, 0.2) is 18.2 Å². The highest BCUT2D eigenvalue weighted by molar-refractivity contribution is 5.42. The molecule has 1 aliphatic rings. The van der Waals surface area contributed by atoms with Crippen molar-refractivity contribution in [2.45, 2.75) is 13.5 Å². The van der Waals surface area contributed by atoms with Gasteiger partial charge in [-0.3, -0.25) is 4.90 Å². The predicted octanol–water partition coefficient (Wildman–Crippen LogP) is 1.52. The standard InChI is InChI=1S/C16H26N2O3/c1-3-21-16-12-14(4-5-15(16)19-2)13-17-6-7-18-8-10-20-11-9-18/h4-5,12,17H,3,6-11,13H2,1-2H3. The van der Waals surface area contributed by atoms with Crippen molar-refractivity contribution >= 4 is 0 Å². The van der Waals surface area contributed by atoms with Crippen molar-refractivity contribution in [3.8, 4) is 11.5 Å². The lowest BCUT2D eigenvalue weighted by atomic mass is 10.2. The van der Waals surface area contributed by atoms with Crippen molar-refractivity contribution in [2.24, 2.45) is 0 Å². The third kappa shape index (κ3) is 5.19. The maximum absolute atomic E-state index is 5.60. The topological polar surface area (TPSA) is 43.0 Å². The number of hydrogen-bond acceptors (Lipinski definition) is 5. The molecule has 118 valence electrons. The van der Waals surface area contributed by atoms with Gasteiger partial charge in [0.1, 0.15) is 0 Å². The second-order valence-corrected chi connectivity index (χ2v) is 5.05. The molecule has 21 heavy (non-hydrogen) atoms. The molecule has 0 spiro atoms. The van der Waals surface area contributed by atoms with Gasteiger partial charge in [-0.2, -0.15) is 0 Å². The predicted molar refractivity (Wildman–Crippen MR) is 83.1 cm³/mol. The van der Waals surface area contributed by atoms with E-state index in [-0.39, 0.29) is 0 Å². The summed E-state index contributed by atoms with van der Waals surface area (Å²) in [5.41, 5.74) is 1.21. The average Bonchev–Trinajstić information content (AvgIpc) is 2.53. The summed E-state index contributed by atoms with van der Waals surface area (Å²) in [7, 11) is 1.66. The highest BCUT2D eigenvalue weighted by atomic mass is 16.5. The Bertz CT molecular complexity index is 420. The molecule has 1 aromatic rings. The summed E-state index contributed by atoms with van der Waals surface area (Å²) in [6, 6.07) is 6.08. The number of hydrogen-bond donors (Lipinski definition) is 1. The second kappa shape index (κ2) is 8.87. The lowest BCUT2D eigenvalue weighted by Crippen LogP contribution is -2.40. The van der Waals surface area contributed by atoms with Gasteiger partial charge in [0.25, 0.3) is 0 Å². The molecule has 0 radical (unpaired) electrons. The molecule has 0 atom stereocenters. The molecule has 0 aliphatic carbocycles. The molecule has 1 fully saturated rings. The minimum atomic E-state index is 0.643. The molecule has 1 saturated heterocycles. The Morgan fingerprint density at radius 1 is 1.24 bits per heavy atom. The second-order valence-electron chi connectivity index (χ2n) is 5.05. The molecule has 0 bridgehead atoms. The maximum Gasteiger partial charge on any atom is 0.161 e. The zero-order chi connectivity index (χ0) is 14.9. The summed E-state index contributed by atoms with van der Waals surface area (Å²) >= 11 is 0. The van der Waals surface area contributed by atoms with E-state index in [4.69, 9.17) is 14.2 Å². The zero-order valence-electron chi connectivity index (χ0n) is 13.1. The Balaban J connectivity index is 1.75. The van der Waals surface area contributed by atoms with Crippen molar-refractivity contribution in [2.75, 3.05) is 53.1 Å². The molecular formula is C16H26N2O3. The highest BCUT2D eigenvalue weighted by Crippen LogP contribution is 2.27. The van der Waals surface area contributed by atoms with Gasteiger partial charge >= 0.3 is 0 Å². The summed E-state index contributed by atoms with van der Waals surface area (Å²) < 4.78 is 16.2. The van der Waals surface area contributed by atoms with E-state index in [1.807, 2.05) is 19.1 Å². The van der Waals surface area contributed by atoms with Crippen LogP contribution in [-0.2, 0) is 11.3 Å². The van der Waals surface area contributed by atoms with Crippen LogP contribution in [0.25, 0.3) is 0 Å². The molecule has 0 saturated carbocycles. The number of rotatable bonds is 8. The first kappa shape index (κ1) is 16.1. The lowest BCUT2D eigenvalue weighted by molar-refractivity contribution is 0.0384. The molecule has 0 aromatic heterocycles. The summed E-state index contributed by atoms with van der Waals surface area (Å²) in [5, 5.41) is 3.48. The van der Waals surface area contributed by atoms with Crippen LogP contribution in [0, 0.1) is 0 Å². The smallest absolute Gasteiger partial charge is 0.161 e. The number of nitrogens with zero attached hydrogens (tertiary/aromatic N) is 1. The van der Waals surface area contributed by atoms with Crippen LogP contribution in [0.3, 0.4) is 0 Å². The molecule has 1 aromatic carbocycles. The Morgan fingerprint density at radius 2 is 2.05 bits per heavy atom. The molecule has 5 nitrogen and oxygen atoms in total. The first-order valence-corrected chi connectivity index (χ1v) is 7.64. The third-order valence-electron chi connectivity index (χ3n) is 3.57. The van der Waals surface area contributed by atoms with E-state index in [1.165, 1.54) is 5.56 Å². The van der Waals surface area contributed by atoms with Gasteiger partial charge in [-0.1, -0.05) is 6.07 Å². The van der Waals surface area contributed by atoms with E-state index in [0.717, 1.165) is 57.4 Å². The SMILES string of the molecule is CCOc1cc(CNCCN2CCOCC2)ccc1OC. The Hall–Kier alpha value is -1.30. The first-order valence-electron chi connectivity index (χ1n) is 7.64. The number of nitrogens with one attached hydrogen (secondary N) is 1. The van der Waals surface area contributed by atoms with E-state index in [9.17, 15) is 0 Å². The highest BCUT2D eigenvalue weighted by Gasteiger charge is 2.09. The van der Waals surface area contributed by atoms with Crippen molar-refractivity contribution < 1.29 is 14.2 Å². The maximum atomic E-state index is 5.60. The van der Waals surface area contributed by atoms with Crippen molar-refractivity contribution in [3.63, 3.8) is 0 Å². The van der Waals surface area contributed by atoms with Gasteiger partial charge in [-0.05, 0) is 24.6 Å². The van der Waals surface area contributed by atoms with Gasteiger partial charge in [0.2, 0.25) is 0 Å². The molecule has 2 rings (SSSR count). The Labute approximate surface area is 127 Å². The molecule has 1 heterocycles. The Kier molecular flexibility index (Phi) is 6.79. The normalized spacial score (nSPS) is 15.9. The van der Waals surface area contributed by atoms with Crippen molar-refractivity contribution in [3.05, 3.63) is 23.8 Å². The van der Waals surface area contributed by atoms with Crippen LogP contribution in [0.2, 0.25) is 0 Å². The minimum Gasteiger partial charge on any atom is -0.493 e. The average molecular weight is 294 g/mol. The summed E-state index contributed by atoms with van der Waals surface area (Å²) in [6.07, 6.45) is 0. The zero-order valence-corrected chi connectivity index (χ0v) is 13.1. The van der Waals surface area contributed by atoms with Gasteiger partial charge < -0.3 is 19.5 Å². The first-order chi connectivity index (χ1) is 10.3. The number of methoxy groups -OCH3 is 1. The number of ether oxygens (including phenoxy) is 3. The van der Waals surface area contributed by atoms with Crippen molar-refractivity contribution in [1.82, 2.24) is 10.2 Å². The van der Waals surface area contributed by atoms with Gasteiger partial charge in [-0.15, -0.1) is 0 Å². The van der Waals surface area contributed by atoms with Gasteiger partial charge in [0.05, 0.1) is 26.9 Å². The van der Waals surface area contributed by atoms with Crippen LogP contribution in [-0.4, -0.2) is 58.0 Å². The summed E-state index contributed by atoms with van der Waals surface area (Å²) in [6.45, 7) is 9.31. The number of benzene rings is 1. The molecule has 1 aliphatic heterocycles. The van der Waals surface area contributed by atoms with Crippen molar-refractivity contribution in [1.29, 1.82) is 0 Å². The molecule has 0 unspecified atom stereocenters. The monoisotopic (exact) mass is 294 g/mol. The third-order valence-corrected chi connectivity index (χ3v) is 3.57. The van der Waals surface area contributed by atoms with Crippen LogP contribution >= 0.6 is 0 Å². The van der Waals surface area contributed by atoms with Gasteiger partial charge in [0.15, 0.2) is 11.5 Å². The Morgan fingerprint density at radius 3 is 2.76 bits per heavy atom. The van der Waals surface area contributed by atoms with Gasteiger partial charge in [0, 0.05) is 32.7 Å². The summed E-state index contributed by atoms with van der Waals surface area (Å²) in [4.78, 5) is 2.43. The minimum absolute atomic E-state index is 0.643. The fourth-order valence-corrected chi connectivity index (χ4v) is 2.39. The van der Waals surface area contributed by atoms with E-state index < -0.39 is 0 Å². The molecular weight excluding hydrogens is 268 g/mol. The van der Waals surface area contributed by atoms with E-state index in [0.29, 0.717) is 6.61 Å². The quantitative estimate of drug-likeness (QED) is 0.736. The summed E-state index contributed by atoms with van der Waals surface area (Å²) in [5.74, 6) is 1.60. The lowest BCUT2D eigenvalue weighted by Gasteiger charge is -2.26. The van der Waals surface area contributed by atoms with Crippen LogP contribution in [0.1, 0.15) is 12.5 Å². The van der Waals surface area contributed by atoms with Crippen LogP contribution in [0.5, 0.6) is 11.5 Å². The van der Waals surface area contributed by atoms with Gasteiger partial charge in [-0.25, -0.2) is 0 Å². The molecule has 5 heteroatoms. The molecule has 0 amide bonds. The van der Waals surface area contributed by atoms with E-state index in [2.05, 4.69) is 16.3 Å². The fraction of sp³-hybridized carbons (Fsp3) is 0.625. The fourth-order valence-electron chi connectivity index (χ4n) is 2.39. The van der Waals surface area contributed by atoms with E-state index in [1.54, 1.807) is 7.11 Å². The largest absolute Gasteiger partial charge is 0.493 e. The molecule has 1 N–H and O–H groups in total. The van der Waals surface area contributed by atoms with Crippen LogP contribution in [0.4, 0.5) is 0 Å². The van der Waals surface area contributed by atoms with E-state index >= 15 is 0 Å². The van der Waals surface area contributed by atoms with Crippen LogP contribution < -0.4 is 14.8 Å².